The number of aromatic nitrogens is 1. The van der Waals surface area contributed by atoms with Crippen LogP contribution < -0.4 is 15.4 Å². The third kappa shape index (κ3) is 6.97. The minimum absolute atomic E-state index is 0. The van der Waals surface area contributed by atoms with E-state index >= 15 is 0 Å². The number of hydrogen-bond acceptors (Lipinski definition) is 4. The van der Waals surface area contributed by atoms with Crippen LogP contribution in [0, 0.1) is 5.82 Å². The summed E-state index contributed by atoms with van der Waals surface area (Å²) < 4.78 is 19.8. The van der Waals surface area contributed by atoms with E-state index in [0.717, 1.165) is 12.0 Å². The van der Waals surface area contributed by atoms with Crippen LogP contribution in [0.4, 0.5) is 4.39 Å². The van der Waals surface area contributed by atoms with Gasteiger partial charge in [-0.2, -0.15) is 0 Å². The van der Waals surface area contributed by atoms with Crippen molar-refractivity contribution in [2.75, 3.05) is 7.05 Å². The summed E-state index contributed by atoms with van der Waals surface area (Å²) >= 11 is 1.79. The fourth-order valence-corrected chi connectivity index (χ4v) is 3.45. The molecular weight excluding hydrogens is 502 g/mol. The van der Waals surface area contributed by atoms with E-state index in [-0.39, 0.29) is 29.7 Å². The molecule has 1 aromatic carbocycles. The Morgan fingerprint density at radius 1 is 1.14 bits per heavy atom. The van der Waals surface area contributed by atoms with Crippen molar-refractivity contribution in [2.24, 2.45) is 4.99 Å². The monoisotopic (exact) mass is 526 g/mol. The van der Waals surface area contributed by atoms with E-state index in [0.29, 0.717) is 24.8 Å². The van der Waals surface area contributed by atoms with Crippen LogP contribution >= 0.6 is 35.3 Å². The number of nitrogens with zero attached hydrogens (tertiary/aromatic N) is 2. The summed E-state index contributed by atoms with van der Waals surface area (Å²) in [7, 11) is 1.71. The van der Waals surface area contributed by atoms with Gasteiger partial charge in [0, 0.05) is 29.5 Å². The maximum atomic E-state index is 14.3. The van der Waals surface area contributed by atoms with Crippen LogP contribution in [0.15, 0.2) is 59.9 Å². The Bertz CT molecular complexity index is 933. The molecule has 0 radical (unpaired) electrons. The first-order valence-electron chi connectivity index (χ1n) is 9.06. The molecule has 0 saturated heterocycles. The maximum absolute atomic E-state index is 14.3. The second-order valence-electron chi connectivity index (χ2n) is 6.06. The molecule has 0 spiro atoms. The molecule has 0 atom stereocenters. The second kappa shape index (κ2) is 11.7. The smallest absolute Gasteiger partial charge is 0.191 e. The van der Waals surface area contributed by atoms with Gasteiger partial charge in [-0.1, -0.05) is 13.0 Å². The lowest BCUT2D eigenvalue weighted by atomic mass is 10.2. The zero-order valence-corrected chi connectivity index (χ0v) is 19.5. The third-order valence-electron chi connectivity index (χ3n) is 4.04. The predicted molar refractivity (Wildman–Crippen MR) is 127 cm³/mol. The van der Waals surface area contributed by atoms with Crippen molar-refractivity contribution >= 4 is 41.3 Å². The topological polar surface area (TPSA) is 58.5 Å². The van der Waals surface area contributed by atoms with Gasteiger partial charge in [-0.3, -0.25) is 9.98 Å². The van der Waals surface area contributed by atoms with Crippen molar-refractivity contribution in [1.29, 1.82) is 0 Å². The highest BCUT2D eigenvalue weighted by Gasteiger charge is 2.07. The van der Waals surface area contributed by atoms with Crippen molar-refractivity contribution in [1.82, 2.24) is 15.6 Å². The van der Waals surface area contributed by atoms with E-state index in [1.165, 1.54) is 15.8 Å². The van der Waals surface area contributed by atoms with Gasteiger partial charge in [0.1, 0.15) is 5.75 Å². The van der Waals surface area contributed by atoms with Gasteiger partial charge in [0.2, 0.25) is 0 Å². The lowest BCUT2D eigenvalue weighted by molar-refractivity contribution is 0.440. The summed E-state index contributed by atoms with van der Waals surface area (Å²) in [5, 5.41) is 6.48. The number of benzene rings is 1. The van der Waals surface area contributed by atoms with Crippen LogP contribution in [0.5, 0.6) is 11.5 Å². The van der Waals surface area contributed by atoms with Crippen LogP contribution in [-0.2, 0) is 19.5 Å². The van der Waals surface area contributed by atoms with Crippen molar-refractivity contribution < 1.29 is 9.13 Å². The molecule has 2 N–H and O–H groups in total. The molecule has 3 aromatic rings. The van der Waals surface area contributed by atoms with Gasteiger partial charge in [0.05, 0.1) is 12.7 Å². The van der Waals surface area contributed by atoms with Gasteiger partial charge in [0.15, 0.2) is 17.5 Å². The number of thiophene rings is 1. The number of aryl methyl sites for hydroxylation is 1. The zero-order valence-electron chi connectivity index (χ0n) is 16.3. The van der Waals surface area contributed by atoms with Gasteiger partial charge < -0.3 is 15.4 Å². The molecule has 0 aliphatic heterocycles. The molecule has 154 valence electrons. The quantitative estimate of drug-likeness (QED) is 0.255. The Morgan fingerprint density at radius 3 is 2.59 bits per heavy atom. The van der Waals surface area contributed by atoms with Gasteiger partial charge in [-0.15, -0.1) is 35.3 Å². The molecule has 0 aliphatic rings. The minimum atomic E-state index is -0.420. The first-order valence-corrected chi connectivity index (χ1v) is 9.88. The van der Waals surface area contributed by atoms with Crippen molar-refractivity contribution in [3.63, 3.8) is 0 Å². The van der Waals surface area contributed by atoms with Gasteiger partial charge >= 0.3 is 0 Å². The van der Waals surface area contributed by atoms with Gasteiger partial charge in [0.25, 0.3) is 0 Å². The van der Waals surface area contributed by atoms with Crippen molar-refractivity contribution in [2.45, 2.75) is 26.4 Å². The van der Waals surface area contributed by atoms with Crippen LogP contribution in [0.25, 0.3) is 0 Å². The molecule has 2 heterocycles. The van der Waals surface area contributed by atoms with Crippen molar-refractivity contribution in [3.05, 3.63) is 76.0 Å². The zero-order chi connectivity index (χ0) is 19.8. The summed E-state index contributed by atoms with van der Waals surface area (Å²) in [6.07, 6.45) is 4.23. The summed E-state index contributed by atoms with van der Waals surface area (Å²) in [4.78, 5) is 10.8. The Kier molecular flexibility index (Phi) is 9.33. The highest BCUT2D eigenvalue weighted by Crippen LogP contribution is 2.24. The highest BCUT2D eigenvalue weighted by atomic mass is 127. The Hall–Kier alpha value is -2.20. The largest absolute Gasteiger partial charge is 0.453 e. The molecule has 5 nitrogen and oxygen atoms in total. The standard InChI is InChI=1S/C21H23FN4OS.HI/c1-3-17-7-8-18(28-17)14-26-21(23-2)25-12-15-6-9-20(19(22)11-15)27-16-5-4-10-24-13-16;/h4-11,13H,3,12,14H2,1-2H3,(H2,23,25,26);1H. The number of halogens is 2. The number of ether oxygens (including phenoxy) is 1. The molecular formula is C21H24FIN4OS. The molecule has 3 rings (SSSR count). The van der Waals surface area contributed by atoms with E-state index < -0.39 is 5.82 Å². The van der Waals surface area contributed by atoms with Crippen molar-refractivity contribution in [3.8, 4) is 11.5 Å². The van der Waals surface area contributed by atoms with Gasteiger partial charge in [-0.05, 0) is 48.4 Å². The van der Waals surface area contributed by atoms with Gasteiger partial charge in [-0.25, -0.2) is 4.39 Å². The number of guanidine groups is 1. The average Bonchev–Trinajstić information content (AvgIpc) is 3.19. The fraction of sp³-hybridized carbons (Fsp3) is 0.238. The van der Waals surface area contributed by atoms with Crippen LogP contribution in [0.1, 0.15) is 22.2 Å². The van der Waals surface area contributed by atoms with E-state index in [4.69, 9.17) is 4.74 Å². The Morgan fingerprint density at radius 2 is 1.93 bits per heavy atom. The Balaban J connectivity index is 0.00000300. The average molecular weight is 526 g/mol. The Labute approximate surface area is 191 Å². The fourth-order valence-electron chi connectivity index (χ4n) is 2.56. The molecule has 0 fully saturated rings. The molecule has 0 unspecified atom stereocenters. The molecule has 0 saturated carbocycles. The van der Waals surface area contributed by atoms with E-state index in [2.05, 4.69) is 39.7 Å². The molecule has 8 heteroatoms. The molecule has 0 aliphatic carbocycles. The molecule has 0 bridgehead atoms. The minimum Gasteiger partial charge on any atom is -0.453 e. The van der Waals surface area contributed by atoms with E-state index in [9.17, 15) is 4.39 Å². The number of rotatable bonds is 7. The first-order chi connectivity index (χ1) is 13.7. The van der Waals surface area contributed by atoms with Crippen LogP contribution in [-0.4, -0.2) is 18.0 Å². The normalized spacial score (nSPS) is 10.9. The summed E-state index contributed by atoms with van der Waals surface area (Å²) in [5.41, 5.74) is 0.795. The van der Waals surface area contributed by atoms with Crippen LogP contribution in [0.2, 0.25) is 0 Å². The lowest BCUT2D eigenvalue weighted by Gasteiger charge is -2.12. The predicted octanol–water partition coefficient (Wildman–Crippen LogP) is 5.12. The number of nitrogens with one attached hydrogen (secondary N) is 2. The number of pyridine rings is 1. The summed E-state index contributed by atoms with van der Waals surface area (Å²) in [6.45, 7) is 3.31. The maximum Gasteiger partial charge on any atom is 0.191 e. The van der Waals surface area contributed by atoms with Crippen LogP contribution in [0.3, 0.4) is 0 Å². The molecule has 2 aromatic heterocycles. The number of hydrogen-bond donors (Lipinski definition) is 2. The third-order valence-corrected chi connectivity index (χ3v) is 5.27. The van der Waals surface area contributed by atoms with E-state index in [1.807, 2.05) is 6.07 Å². The first kappa shape index (κ1) is 23.1. The summed E-state index contributed by atoms with van der Waals surface area (Å²) in [6, 6.07) is 12.6. The highest BCUT2D eigenvalue weighted by molar-refractivity contribution is 14.0. The second-order valence-corrected chi connectivity index (χ2v) is 7.31. The summed E-state index contributed by atoms with van der Waals surface area (Å²) in [5.74, 6) is 0.916. The SMILES string of the molecule is CCc1ccc(CNC(=NC)NCc2ccc(Oc3cccnc3)c(F)c2)s1.I. The molecule has 0 amide bonds. The number of aliphatic imine (C=N–C) groups is 1. The molecule has 29 heavy (non-hydrogen) atoms. The van der Waals surface area contributed by atoms with E-state index in [1.54, 1.807) is 49.0 Å². The lowest BCUT2D eigenvalue weighted by Crippen LogP contribution is -2.36.